The van der Waals surface area contributed by atoms with E-state index in [1.165, 1.54) is 0 Å². The van der Waals surface area contributed by atoms with E-state index >= 15 is 0 Å². The van der Waals surface area contributed by atoms with Crippen molar-refractivity contribution in [3.05, 3.63) is 29.3 Å². The standard InChI is InChI=1S/C15H22N2O2/c1-5-8-17(10-15(19)16(3)4)14-7-6-13(11-18)12(2)9-14/h6-7,9,11H,5,8,10H2,1-4H3. The van der Waals surface area contributed by atoms with Gasteiger partial charge >= 0.3 is 0 Å². The maximum Gasteiger partial charge on any atom is 0.241 e. The molecule has 0 heterocycles. The van der Waals surface area contributed by atoms with Crippen LogP contribution in [0.2, 0.25) is 0 Å². The van der Waals surface area contributed by atoms with Crippen molar-refractivity contribution in [3.8, 4) is 0 Å². The van der Waals surface area contributed by atoms with Crippen LogP contribution in [-0.4, -0.2) is 44.3 Å². The number of hydrogen-bond acceptors (Lipinski definition) is 3. The van der Waals surface area contributed by atoms with E-state index in [1.54, 1.807) is 25.1 Å². The Morgan fingerprint density at radius 3 is 2.47 bits per heavy atom. The molecule has 104 valence electrons. The largest absolute Gasteiger partial charge is 0.362 e. The normalized spacial score (nSPS) is 10.1. The van der Waals surface area contributed by atoms with Gasteiger partial charge in [-0.1, -0.05) is 6.92 Å². The average molecular weight is 262 g/mol. The minimum Gasteiger partial charge on any atom is -0.362 e. The molecule has 4 heteroatoms. The Bertz CT molecular complexity index is 455. The van der Waals surface area contributed by atoms with E-state index in [-0.39, 0.29) is 5.91 Å². The molecule has 1 rings (SSSR count). The van der Waals surface area contributed by atoms with Crippen LogP contribution in [0.25, 0.3) is 0 Å². The first-order valence-corrected chi connectivity index (χ1v) is 6.50. The van der Waals surface area contributed by atoms with Crippen molar-refractivity contribution >= 4 is 17.9 Å². The van der Waals surface area contributed by atoms with Gasteiger partial charge in [-0.3, -0.25) is 9.59 Å². The van der Waals surface area contributed by atoms with Gasteiger partial charge < -0.3 is 9.80 Å². The molecule has 0 fully saturated rings. The average Bonchev–Trinajstić information content (AvgIpc) is 2.37. The number of carbonyl (C=O) groups excluding carboxylic acids is 2. The third kappa shape index (κ3) is 4.09. The van der Waals surface area contributed by atoms with Crippen molar-refractivity contribution in [2.24, 2.45) is 0 Å². The van der Waals surface area contributed by atoms with E-state index in [4.69, 9.17) is 0 Å². The molecule has 19 heavy (non-hydrogen) atoms. The zero-order chi connectivity index (χ0) is 14.4. The van der Waals surface area contributed by atoms with Gasteiger partial charge in [0, 0.05) is 31.9 Å². The molecule has 4 nitrogen and oxygen atoms in total. The summed E-state index contributed by atoms with van der Waals surface area (Å²) < 4.78 is 0. The molecular formula is C15H22N2O2. The number of likely N-dealkylation sites (N-methyl/N-ethyl adjacent to an activating group) is 1. The molecule has 0 atom stereocenters. The Morgan fingerprint density at radius 1 is 1.32 bits per heavy atom. The van der Waals surface area contributed by atoms with Gasteiger partial charge in [-0.05, 0) is 37.1 Å². The molecule has 0 saturated carbocycles. The third-order valence-electron chi connectivity index (χ3n) is 3.06. The lowest BCUT2D eigenvalue weighted by molar-refractivity contribution is -0.127. The van der Waals surface area contributed by atoms with Crippen LogP contribution in [-0.2, 0) is 4.79 Å². The lowest BCUT2D eigenvalue weighted by Gasteiger charge is -2.25. The Balaban J connectivity index is 2.95. The molecule has 1 aromatic rings. The van der Waals surface area contributed by atoms with Crippen molar-refractivity contribution < 1.29 is 9.59 Å². The molecule has 1 amide bonds. The van der Waals surface area contributed by atoms with Crippen LogP contribution < -0.4 is 4.90 Å². The first kappa shape index (κ1) is 15.2. The summed E-state index contributed by atoms with van der Waals surface area (Å²) >= 11 is 0. The molecule has 0 saturated heterocycles. The number of aldehydes is 1. The van der Waals surface area contributed by atoms with Crippen LogP contribution in [0.15, 0.2) is 18.2 Å². The molecule has 0 bridgehead atoms. The first-order valence-electron chi connectivity index (χ1n) is 6.50. The molecule has 0 radical (unpaired) electrons. The van der Waals surface area contributed by atoms with Crippen molar-refractivity contribution in [2.75, 3.05) is 32.1 Å². The maximum absolute atomic E-state index is 11.8. The second-order valence-electron chi connectivity index (χ2n) is 4.87. The Kier molecular flexibility index (Phi) is 5.55. The van der Waals surface area contributed by atoms with Crippen LogP contribution in [0.4, 0.5) is 5.69 Å². The number of hydrogen-bond donors (Lipinski definition) is 0. The highest BCUT2D eigenvalue weighted by atomic mass is 16.2. The fourth-order valence-corrected chi connectivity index (χ4v) is 1.86. The maximum atomic E-state index is 11.8. The van der Waals surface area contributed by atoms with Crippen molar-refractivity contribution in [1.29, 1.82) is 0 Å². The van der Waals surface area contributed by atoms with E-state index in [9.17, 15) is 9.59 Å². The first-order chi connectivity index (χ1) is 8.99. The third-order valence-corrected chi connectivity index (χ3v) is 3.06. The number of amides is 1. The Hall–Kier alpha value is -1.84. The van der Waals surface area contributed by atoms with Gasteiger partial charge in [0.2, 0.25) is 5.91 Å². The van der Waals surface area contributed by atoms with E-state index in [0.29, 0.717) is 12.1 Å². The minimum atomic E-state index is 0.0746. The van der Waals surface area contributed by atoms with E-state index in [2.05, 4.69) is 6.92 Å². The summed E-state index contributed by atoms with van der Waals surface area (Å²) in [5.74, 6) is 0.0746. The summed E-state index contributed by atoms with van der Waals surface area (Å²) in [6.45, 7) is 5.17. The van der Waals surface area contributed by atoms with Crippen molar-refractivity contribution in [2.45, 2.75) is 20.3 Å². The molecule has 0 N–H and O–H groups in total. The number of rotatable bonds is 6. The molecule has 0 spiro atoms. The topological polar surface area (TPSA) is 40.6 Å². The monoisotopic (exact) mass is 262 g/mol. The number of benzene rings is 1. The van der Waals surface area contributed by atoms with Gasteiger partial charge in [-0.15, -0.1) is 0 Å². The highest BCUT2D eigenvalue weighted by molar-refractivity contribution is 5.82. The van der Waals surface area contributed by atoms with Crippen LogP contribution in [0, 0.1) is 6.92 Å². The van der Waals surface area contributed by atoms with E-state index < -0.39 is 0 Å². The lowest BCUT2D eigenvalue weighted by atomic mass is 10.1. The van der Waals surface area contributed by atoms with Gasteiger partial charge in [0.1, 0.15) is 6.29 Å². The zero-order valence-electron chi connectivity index (χ0n) is 12.1. The van der Waals surface area contributed by atoms with Crippen LogP contribution in [0.1, 0.15) is 29.3 Å². The fourth-order valence-electron chi connectivity index (χ4n) is 1.86. The van der Waals surface area contributed by atoms with Gasteiger partial charge in [0.05, 0.1) is 6.54 Å². The summed E-state index contributed by atoms with van der Waals surface area (Å²) in [4.78, 5) is 26.3. The molecule has 0 unspecified atom stereocenters. The molecule has 0 aliphatic rings. The summed E-state index contributed by atoms with van der Waals surface area (Å²) in [6.07, 6.45) is 1.82. The summed E-state index contributed by atoms with van der Waals surface area (Å²) in [5.41, 5.74) is 2.62. The number of nitrogens with zero attached hydrogens (tertiary/aromatic N) is 2. The van der Waals surface area contributed by atoms with Crippen molar-refractivity contribution in [3.63, 3.8) is 0 Å². The van der Waals surface area contributed by atoms with Gasteiger partial charge in [0.25, 0.3) is 0 Å². The second kappa shape index (κ2) is 6.92. The number of aryl methyl sites for hydroxylation is 1. The number of anilines is 1. The van der Waals surface area contributed by atoms with Crippen LogP contribution in [0.3, 0.4) is 0 Å². The Morgan fingerprint density at radius 2 is 2.00 bits per heavy atom. The van der Waals surface area contributed by atoms with Gasteiger partial charge in [-0.25, -0.2) is 0 Å². The Labute approximate surface area is 115 Å². The highest BCUT2D eigenvalue weighted by Gasteiger charge is 2.13. The fraction of sp³-hybridized carbons (Fsp3) is 0.467. The van der Waals surface area contributed by atoms with Gasteiger partial charge in [-0.2, -0.15) is 0 Å². The molecule has 1 aromatic carbocycles. The molecule has 0 aromatic heterocycles. The smallest absolute Gasteiger partial charge is 0.241 e. The van der Waals surface area contributed by atoms with E-state index in [0.717, 1.165) is 30.5 Å². The molecular weight excluding hydrogens is 240 g/mol. The number of carbonyl (C=O) groups is 2. The molecule has 0 aliphatic carbocycles. The van der Waals surface area contributed by atoms with Gasteiger partial charge in [0.15, 0.2) is 0 Å². The second-order valence-corrected chi connectivity index (χ2v) is 4.87. The summed E-state index contributed by atoms with van der Waals surface area (Å²) in [7, 11) is 3.51. The lowest BCUT2D eigenvalue weighted by Crippen LogP contribution is -2.37. The predicted molar refractivity (Wildman–Crippen MR) is 77.8 cm³/mol. The predicted octanol–water partition coefficient (Wildman–Crippen LogP) is 2.11. The minimum absolute atomic E-state index is 0.0746. The summed E-state index contributed by atoms with van der Waals surface area (Å²) in [6, 6.07) is 5.66. The quantitative estimate of drug-likeness (QED) is 0.737. The SMILES string of the molecule is CCCN(CC(=O)N(C)C)c1ccc(C=O)c(C)c1. The van der Waals surface area contributed by atoms with Crippen molar-refractivity contribution in [1.82, 2.24) is 4.90 Å². The summed E-state index contributed by atoms with van der Waals surface area (Å²) in [5, 5.41) is 0. The van der Waals surface area contributed by atoms with Crippen LogP contribution >= 0.6 is 0 Å². The highest BCUT2D eigenvalue weighted by Crippen LogP contribution is 2.18. The van der Waals surface area contributed by atoms with E-state index in [1.807, 2.05) is 24.0 Å². The zero-order valence-corrected chi connectivity index (χ0v) is 12.1. The molecule has 0 aliphatic heterocycles. The van der Waals surface area contributed by atoms with Crippen LogP contribution in [0.5, 0.6) is 0 Å².